The Kier molecular flexibility index (Phi) is 4.02. The van der Waals surface area contributed by atoms with Crippen molar-refractivity contribution in [3.8, 4) is 11.4 Å². The van der Waals surface area contributed by atoms with Gasteiger partial charge in [-0.05, 0) is 24.3 Å². The van der Waals surface area contributed by atoms with E-state index in [1.54, 1.807) is 24.4 Å². The number of nitrogens with one attached hydrogen (secondary N) is 2. The number of nitrogens with zero attached hydrogens (tertiary/aromatic N) is 2. The lowest BCUT2D eigenvalue weighted by Crippen LogP contribution is -2.13. The maximum absolute atomic E-state index is 12.4. The minimum atomic E-state index is -0.355. The van der Waals surface area contributed by atoms with Crippen LogP contribution in [0.5, 0.6) is 0 Å². The van der Waals surface area contributed by atoms with E-state index in [0.717, 1.165) is 16.9 Å². The summed E-state index contributed by atoms with van der Waals surface area (Å²) >= 11 is 6.08. The van der Waals surface area contributed by atoms with Gasteiger partial charge in [0.1, 0.15) is 5.82 Å². The van der Waals surface area contributed by atoms with E-state index in [-0.39, 0.29) is 5.91 Å². The molecule has 0 aliphatic rings. The summed E-state index contributed by atoms with van der Waals surface area (Å²) in [5, 5.41) is 3.11. The maximum Gasteiger partial charge on any atom is 0.257 e. The summed E-state index contributed by atoms with van der Waals surface area (Å²) in [6.07, 6.45) is 1.55. The van der Waals surface area contributed by atoms with E-state index in [0.29, 0.717) is 27.6 Å². The number of rotatable bonds is 3. The van der Waals surface area contributed by atoms with Crippen LogP contribution in [0.1, 0.15) is 10.4 Å². The minimum Gasteiger partial charge on any atom is -0.399 e. The summed E-state index contributed by atoms with van der Waals surface area (Å²) in [7, 11) is 0. The zero-order valence-electron chi connectivity index (χ0n) is 13.5. The van der Waals surface area contributed by atoms with Crippen LogP contribution in [0.4, 0.5) is 11.4 Å². The van der Waals surface area contributed by atoms with E-state index in [2.05, 4.69) is 20.3 Å². The van der Waals surface area contributed by atoms with Crippen LogP contribution in [-0.2, 0) is 0 Å². The molecule has 0 aliphatic carbocycles. The zero-order chi connectivity index (χ0) is 18.1. The molecular weight excluding hydrogens is 350 g/mol. The van der Waals surface area contributed by atoms with E-state index in [1.807, 2.05) is 30.3 Å². The van der Waals surface area contributed by atoms with Crippen molar-refractivity contribution in [3.63, 3.8) is 0 Å². The number of carbonyl (C=O) groups is 1. The van der Waals surface area contributed by atoms with Gasteiger partial charge in [-0.3, -0.25) is 4.79 Å². The second-order valence-corrected chi connectivity index (χ2v) is 6.15. The fourth-order valence-corrected chi connectivity index (χ4v) is 2.82. The van der Waals surface area contributed by atoms with Crippen LogP contribution in [0.3, 0.4) is 0 Å². The van der Waals surface area contributed by atoms with Gasteiger partial charge in [0.15, 0.2) is 5.65 Å². The van der Waals surface area contributed by atoms with Gasteiger partial charge in [0.25, 0.3) is 5.91 Å². The highest BCUT2D eigenvalue weighted by Crippen LogP contribution is 2.23. The number of imidazole rings is 1. The van der Waals surface area contributed by atoms with Gasteiger partial charge in [-0.15, -0.1) is 0 Å². The third-order valence-electron chi connectivity index (χ3n) is 3.88. The minimum absolute atomic E-state index is 0.307. The highest BCUT2D eigenvalue weighted by Gasteiger charge is 2.13. The van der Waals surface area contributed by atoms with Crippen LogP contribution in [0.15, 0.2) is 60.8 Å². The molecule has 2 aromatic heterocycles. The molecule has 2 aromatic carbocycles. The highest BCUT2D eigenvalue weighted by atomic mass is 35.5. The molecule has 4 rings (SSSR count). The van der Waals surface area contributed by atoms with Gasteiger partial charge in [0.05, 0.1) is 28.0 Å². The second kappa shape index (κ2) is 6.50. The van der Waals surface area contributed by atoms with Crippen LogP contribution in [0.25, 0.3) is 22.6 Å². The van der Waals surface area contributed by atoms with Crippen molar-refractivity contribution >= 4 is 40.0 Å². The molecule has 0 atom stereocenters. The molecule has 0 spiro atoms. The van der Waals surface area contributed by atoms with Crippen molar-refractivity contribution < 1.29 is 4.79 Å². The normalized spacial score (nSPS) is 10.8. The topological polar surface area (TPSA) is 96.7 Å². The fraction of sp³-hybridized carbons (Fsp3) is 0. The van der Waals surface area contributed by atoms with E-state index in [1.165, 1.54) is 6.07 Å². The lowest BCUT2D eigenvalue weighted by molar-refractivity contribution is 0.102. The van der Waals surface area contributed by atoms with Gasteiger partial charge in [-0.2, -0.15) is 0 Å². The first kappa shape index (κ1) is 16.1. The van der Waals surface area contributed by atoms with E-state index >= 15 is 0 Å². The Bertz CT molecular complexity index is 1110. The van der Waals surface area contributed by atoms with Crippen molar-refractivity contribution in [2.45, 2.75) is 0 Å². The molecule has 0 saturated carbocycles. The molecule has 0 bridgehead atoms. The number of nitrogens with two attached hydrogens (primary N) is 1. The lowest BCUT2D eigenvalue weighted by Gasteiger charge is -2.07. The van der Waals surface area contributed by atoms with E-state index in [9.17, 15) is 4.79 Å². The largest absolute Gasteiger partial charge is 0.399 e. The van der Waals surface area contributed by atoms with Crippen molar-refractivity contribution in [1.29, 1.82) is 0 Å². The van der Waals surface area contributed by atoms with Gasteiger partial charge in [0, 0.05) is 11.3 Å². The molecular formula is C19H14ClN5O. The number of fused-ring (bicyclic) bond motifs is 1. The second-order valence-electron chi connectivity index (χ2n) is 5.74. The van der Waals surface area contributed by atoms with Gasteiger partial charge in [-0.25, -0.2) is 9.97 Å². The molecule has 0 saturated heterocycles. The predicted octanol–water partition coefficient (Wildman–Crippen LogP) is 4.11. The standard InChI is InChI=1S/C19H14ClN5O/c20-15-7-6-12(21)8-14(15)19(26)23-13-9-16-18(22-10-13)25-17(24-16)11-4-2-1-3-5-11/h1-10H,21H2,(H,23,26)(H,22,24,25). The van der Waals surface area contributed by atoms with Gasteiger partial charge in [0.2, 0.25) is 0 Å². The Labute approximate surface area is 154 Å². The zero-order valence-corrected chi connectivity index (χ0v) is 14.3. The van der Waals surface area contributed by atoms with Crippen molar-refractivity contribution in [2.75, 3.05) is 11.1 Å². The van der Waals surface area contributed by atoms with E-state index < -0.39 is 0 Å². The van der Waals surface area contributed by atoms with Gasteiger partial charge >= 0.3 is 0 Å². The number of amides is 1. The van der Waals surface area contributed by atoms with E-state index in [4.69, 9.17) is 17.3 Å². The average molecular weight is 364 g/mol. The number of aromatic amines is 1. The Balaban J connectivity index is 1.63. The number of hydrogen-bond donors (Lipinski definition) is 3. The molecule has 1 amide bonds. The molecule has 7 heteroatoms. The number of anilines is 2. The Hall–Kier alpha value is -3.38. The molecule has 6 nitrogen and oxygen atoms in total. The van der Waals surface area contributed by atoms with Crippen molar-refractivity contribution in [1.82, 2.24) is 15.0 Å². The molecule has 4 aromatic rings. The first-order chi connectivity index (χ1) is 12.6. The van der Waals surface area contributed by atoms with Gasteiger partial charge in [-0.1, -0.05) is 41.9 Å². The first-order valence-corrected chi connectivity index (χ1v) is 8.25. The van der Waals surface area contributed by atoms with Crippen LogP contribution < -0.4 is 11.1 Å². The number of nitrogen functional groups attached to an aromatic ring is 1. The van der Waals surface area contributed by atoms with Crippen LogP contribution >= 0.6 is 11.6 Å². The number of H-pyrrole nitrogens is 1. The number of hydrogen-bond acceptors (Lipinski definition) is 4. The number of aromatic nitrogens is 3. The van der Waals surface area contributed by atoms with Gasteiger partial charge < -0.3 is 16.0 Å². The molecule has 0 unspecified atom stereocenters. The molecule has 0 fully saturated rings. The third kappa shape index (κ3) is 3.10. The predicted molar refractivity (Wildman–Crippen MR) is 103 cm³/mol. The lowest BCUT2D eigenvalue weighted by atomic mass is 10.2. The number of pyridine rings is 1. The maximum atomic E-state index is 12.4. The summed E-state index contributed by atoms with van der Waals surface area (Å²) in [6, 6.07) is 16.3. The van der Waals surface area contributed by atoms with Crippen LogP contribution in [0, 0.1) is 0 Å². The van der Waals surface area contributed by atoms with Crippen molar-refractivity contribution in [3.05, 3.63) is 71.4 Å². The monoisotopic (exact) mass is 363 g/mol. The molecule has 128 valence electrons. The number of benzene rings is 2. The molecule has 26 heavy (non-hydrogen) atoms. The summed E-state index contributed by atoms with van der Waals surface area (Å²) in [4.78, 5) is 24.4. The van der Waals surface area contributed by atoms with Crippen molar-refractivity contribution in [2.24, 2.45) is 0 Å². The Morgan fingerprint density at radius 3 is 2.73 bits per heavy atom. The molecule has 2 heterocycles. The summed E-state index contributed by atoms with van der Waals surface area (Å²) in [5.74, 6) is 0.363. The average Bonchev–Trinajstić information content (AvgIpc) is 3.08. The highest BCUT2D eigenvalue weighted by molar-refractivity contribution is 6.34. The molecule has 0 aliphatic heterocycles. The third-order valence-corrected chi connectivity index (χ3v) is 4.21. The summed E-state index contributed by atoms with van der Waals surface area (Å²) in [5.41, 5.74) is 9.29. The molecule has 0 radical (unpaired) electrons. The number of halogens is 1. The number of carbonyl (C=O) groups excluding carboxylic acids is 1. The quantitative estimate of drug-likeness (QED) is 0.477. The fourth-order valence-electron chi connectivity index (χ4n) is 2.62. The van der Waals surface area contributed by atoms with Crippen LogP contribution in [0.2, 0.25) is 5.02 Å². The first-order valence-electron chi connectivity index (χ1n) is 7.88. The summed E-state index contributed by atoms with van der Waals surface area (Å²) in [6.45, 7) is 0. The summed E-state index contributed by atoms with van der Waals surface area (Å²) < 4.78 is 0. The Morgan fingerprint density at radius 2 is 1.92 bits per heavy atom. The van der Waals surface area contributed by atoms with Crippen LogP contribution in [-0.4, -0.2) is 20.9 Å². The molecule has 4 N–H and O–H groups in total. The Morgan fingerprint density at radius 1 is 1.12 bits per heavy atom. The SMILES string of the molecule is Nc1ccc(Cl)c(C(=O)Nc2cnc3nc(-c4ccccc4)[nH]c3c2)c1. The smallest absolute Gasteiger partial charge is 0.257 e.